The lowest BCUT2D eigenvalue weighted by molar-refractivity contribution is 0.220. The first-order valence-electron chi connectivity index (χ1n) is 5.43. The van der Waals surface area contributed by atoms with Gasteiger partial charge in [-0.1, -0.05) is 12.1 Å². The van der Waals surface area contributed by atoms with Crippen LogP contribution in [-0.4, -0.2) is 23.8 Å². The fourth-order valence-corrected chi connectivity index (χ4v) is 1.32. The Kier molecular flexibility index (Phi) is 4.90. The first-order chi connectivity index (χ1) is 8.02. The quantitative estimate of drug-likeness (QED) is 0.743. The Morgan fingerprint density at radius 1 is 1.53 bits per heavy atom. The highest BCUT2D eigenvalue weighted by Gasteiger charge is 2.05. The van der Waals surface area contributed by atoms with Gasteiger partial charge in [0.05, 0.1) is 12.6 Å². The lowest BCUT2D eigenvalue weighted by Gasteiger charge is -2.12. The summed E-state index contributed by atoms with van der Waals surface area (Å²) in [5.41, 5.74) is 1.38. The summed E-state index contributed by atoms with van der Waals surface area (Å²) in [6, 6.07) is 4.04. The van der Waals surface area contributed by atoms with Crippen LogP contribution in [0.5, 0.6) is 0 Å². The minimum atomic E-state index is -0.353. The predicted octanol–water partition coefficient (Wildman–Crippen LogP) is 1.31. The Labute approximate surface area is 99.8 Å². The Bertz CT molecular complexity index is 396. The van der Waals surface area contributed by atoms with Gasteiger partial charge in [-0.05, 0) is 31.0 Å². The molecular formula is C12H17FN2O2. The normalized spacial score (nSPS) is 12.0. The number of aliphatic hydroxyl groups excluding tert-OH is 1. The number of benzene rings is 1. The number of aryl methyl sites for hydroxylation is 1. The van der Waals surface area contributed by atoms with Gasteiger partial charge in [-0.25, -0.2) is 9.18 Å². The van der Waals surface area contributed by atoms with Crippen molar-refractivity contribution >= 4 is 6.03 Å². The van der Waals surface area contributed by atoms with Gasteiger partial charge in [-0.3, -0.25) is 0 Å². The van der Waals surface area contributed by atoms with Crippen molar-refractivity contribution in [3.8, 4) is 0 Å². The topological polar surface area (TPSA) is 61.4 Å². The van der Waals surface area contributed by atoms with Crippen molar-refractivity contribution < 1.29 is 14.3 Å². The second kappa shape index (κ2) is 6.20. The van der Waals surface area contributed by atoms with Crippen molar-refractivity contribution in [2.45, 2.75) is 26.4 Å². The van der Waals surface area contributed by atoms with Crippen molar-refractivity contribution in [2.24, 2.45) is 0 Å². The Morgan fingerprint density at radius 2 is 2.24 bits per heavy atom. The van der Waals surface area contributed by atoms with E-state index in [0.29, 0.717) is 12.1 Å². The molecule has 3 N–H and O–H groups in total. The first kappa shape index (κ1) is 13.4. The highest BCUT2D eigenvalue weighted by Crippen LogP contribution is 2.08. The van der Waals surface area contributed by atoms with Gasteiger partial charge in [0.25, 0.3) is 0 Å². The average Bonchev–Trinajstić information content (AvgIpc) is 2.30. The molecule has 0 saturated heterocycles. The van der Waals surface area contributed by atoms with Gasteiger partial charge in [0.15, 0.2) is 0 Å². The Hall–Kier alpha value is -1.62. The third-order valence-corrected chi connectivity index (χ3v) is 2.33. The van der Waals surface area contributed by atoms with Gasteiger partial charge >= 0.3 is 6.03 Å². The SMILES string of the molecule is Cc1cc(CNC(=O)N[C@@H](C)CO)ccc1F. The number of urea groups is 1. The van der Waals surface area contributed by atoms with Crippen LogP contribution in [0.15, 0.2) is 18.2 Å². The molecule has 0 aromatic heterocycles. The van der Waals surface area contributed by atoms with E-state index in [0.717, 1.165) is 5.56 Å². The van der Waals surface area contributed by atoms with Crippen LogP contribution in [-0.2, 0) is 6.54 Å². The molecular weight excluding hydrogens is 223 g/mol. The smallest absolute Gasteiger partial charge is 0.315 e. The second-order valence-corrected chi connectivity index (χ2v) is 3.99. The molecule has 1 rings (SSSR count). The van der Waals surface area contributed by atoms with Crippen LogP contribution in [0.1, 0.15) is 18.1 Å². The molecule has 2 amide bonds. The number of carbonyl (C=O) groups is 1. The molecule has 0 bridgehead atoms. The number of halogens is 1. The van der Waals surface area contributed by atoms with Crippen molar-refractivity contribution in [1.82, 2.24) is 10.6 Å². The number of carbonyl (C=O) groups excluding carboxylic acids is 1. The molecule has 94 valence electrons. The Morgan fingerprint density at radius 3 is 2.82 bits per heavy atom. The zero-order valence-corrected chi connectivity index (χ0v) is 9.96. The predicted molar refractivity (Wildman–Crippen MR) is 63.1 cm³/mol. The number of rotatable bonds is 4. The van der Waals surface area contributed by atoms with Crippen LogP contribution in [0.2, 0.25) is 0 Å². The summed E-state index contributed by atoms with van der Waals surface area (Å²) in [5.74, 6) is -0.257. The molecule has 0 aliphatic heterocycles. The summed E-state index contributed by atoms with van der Waals surface area (Å²) < 4.78 is 13.0. The van der Waals surface area contributed by atoms with Crippen LogP contribution in [0.25, 0.3) is 0 Å². The van der Waals surface area contributed by atoms with E-state index in [1.54, 1.807) is 26.0 Å². The van der Waals surface area contributed by atoms with Crippen LogP contribution in [0.3, 0.4) is 0 Å². The van der Waals surface area contributed by atoms with Gasteiger partial charge in [0.2, 0.25) is 0 Å². The molecule has 0 aliphatic rings. The van der Waals surface area contributed by atoms with E-state index in [1.165, 1.54) is 6.07 Å². The van der Waals surface area contributed by atoms with E-state index >= 15 is 0 Å². The van der Waals surface area contributed by atoms with Gasteiger partial charge < -0.3 is 15.7 Å². The highest BCUT2D eigenvalue weighted by molar-refractivity contribution is 5.74. The molecule has 0 aliphatic carbocycles. The van der Waals surface area contributed by atoms with Crippen molar-refractivity contribution in [3.63, 3.8) is 0 Å². The minimum Gasteiger partial charge on any atom is -0.394 e. The highest BCUT2D eigenvalue weighted by atomic mass is 19.1. The summed E-state index contributed by atoms with van der Waals surface area (Å²) >= 11 is 0. The number of hydrogen-bond acceptors (Lipinski definition) is 2. The first-order valence-corrected chi connectivity index (χ1v) is 5.43. The maximum Gasteiger partial charge on any atom is 0.315 e. The maximum atomic E-state index is 13.0. The molecule has 17 heavy (non-hydrogen) atoms. The zero-order valence-electron chi connectivity index (χ0n) is 9.96. The van der Waals surface area contributed by atoms with E-state index in [-0.39, 0.29) is 24.5 Å². The molecule has 4 nitrogen and oxygen atoms in total. The fraction of sp³-hybridized carbons (Fsp3) is 0.417. The Balaban J connectivity index is 2.45. The van der Waals surface area contributed by atoms with E-state index in [1.807, 2.05) is 0 Å². The van der Waals surface area contributed by atoms with Gasteiger partial charge in [0.1, 0.15) is 5.82 Å². The van der Waals surface area contributed by atoms with Crippen LogP contribution in [0.4, 0.5) is 9.18 Å². The van der Waals surface area contributed by atoms with Gasteiger partial charge in [-0.15, -0.1) is 0 Å². The zero-order chi connectivity index (χ0) is 12.8. The molecule has 0 unspecified atom stereocenters. The molecule has 5 heteroatoms. The van der Waals surface area contributed by atoms with Gasteiger partial charge in [0, 0.05) is 6.54 Å². The number of amides is 2. The summed E-state index contributed by atoms with van der Waals surface area (Å²) in [5, 5.41) is 13.9. The average molecular weight is 240 g/mol. The molecule has 0 spiro atoms. The van der Waals surface area contributed by atoms with Crippen LogP contribution in [0, 0.1) is 12.7 Å². The standard InChI is InChI=1S/C12H17FN2O2/c1-8-5-10(3-4-11(8)13)6-14-12(17)15-9(2)7-16/h3-5,9,16H,6-7H2,1-2H3,(H2,14,15,17)/t9-/m0/s1. The summed E-state index contributed by atoms with van der Waals surface area (Å²) in [6.45, 7) is 3.59. The van der Waals surface area contributed by atoms with E-state index < -0.39 is 0 Å². The third kappa shape index (κ3) is 4.40. The molecule has 0 saturated carbocycles. The van der Waals surface area contributed by atoms with Crippen molar-refractivity contribution in [2.75, 3.05) is 6.61 Å². The summed E-state index contributed by atoms with van der Waals surface area (Å²) in [7, 11) is 0. The van der Waals surface area contributed by atoms with E-state index in [9.17, 15) is 9.18 Å². The fourth-order valence-electron chi connectivity index (χ4n) is 1.32. The summed E-state index contributed by atoms with van der Waals surface area (Å²) in [4.78, 5) is 11.3. The number of hydrogen-bond donors (Lipinski definition) is 3. The monoisotopic (exact) mass is 240 g/mol. The lowest BCUT2D eigenvalue weighted by Crippen LogP contribution is -2.41. The molecule has 0 heterocycles. The second-order valence-electron chi connectivity index (χ2n) is 3.99. The van der Waals surface area contributed by atoms with Gasteiger partial charge in [-0.2, -0.15) is 0 Å². The molecule has 1 aromatic rings. The van der Waals surface area contributed by atoms with Crippen LogP contribution < -0.4 is 10.6 Å². The molecule has 1 atom stereocenters. The molecule has 1 aromatic carbocycles. The van der Waals surface area contributed by atoms with Crippen molar-refractivity contribution in [1.29, 1.82) is 0 Å². The molecule has 0 fully saturated rings. The van der Waals surface area contributed by atoms with Crippen LogP contribution >= 0.6 is 0 Å². The maximum absolute atomic E-state index is 13.0. The van der Waals surface area contributed by atoms with Crippen molar-refractivity contribution in [3.05, 3.63) is 35.1 Å². The molecule has 0 radical (unpaired) electrons. The third-order valence-electron chi connectivity index (χ3n) is 2.33. The summed E-state index contributed by atoms with van der Waals surface area (Å²) in [6.07, 6.45) is 0. The number of nitrogens with one attached hydrogen (secondary N) is 2. The van der Waals surface area contributed by atoms with E-state index in [2.05, 4.69) is 10.6 Å². The minimum absolute atomic E-state index is 0.108. The van der Waals surface area contributed by atoms with E-state index in [4.69, 9.17) is 5.11 Å². The number of aliphatic hydroxyl groups is 1. The lowest BCUT2D eigenvalue weighted by atomic mass is 10.1. The largest absolute Gasteiger partial charge is 0.394 e.